The van der Waals surface area contributed by atoms with Gasteiger partial charge in [0, 0.05) is 11.5 Å². The van der Waals surface area contributed by atoms with Gasteiger partial charge in [0.2, 0.25) is 5.76 Å². The Balaban J connectivity index is 2.51. The van der Waals surface area contributed by atoms with Crippen LogP contribution in [0, 0.1) is 0 Å². The monoisotopic (exact) mass is 248 g/mol. The van der Waals surface area contributed by atoms with Crippen LogP contribution in [0.1, 0.15) is 27.8 Å². The van der Waals surface area contributed by atoms with Gasteiger partial charge in [-0.1, -0.05) is 0 Å². The second kappa shape index (κ2) is 4.91. The maximum Gasteiger partial charge on any atom is 0.374 e. The van der Waals surface area contributed by atoms with Gasteiger partial charge in [-0.25, -0.2) is 4.79 Å². The lowest BCUT2D eigenvalue weighted by Gasteiger charge is -2.01. The normalized spacial score (nSPS) is 10.3. The first-order valence-corrected chi connectivity index (χ1v) is 5.43. The molecule has 0 unspecified atom stereocenters. The number of hydrogen-bond acceptors (Lipinski definition) is 5. The number of esters is 1. The summed E-state index contributed by atoms with van der Waals surface area (Å²) >= 11 is 0. The Bertz CT molecular complexity index is 597. The van der Waals surface area contributed by atoms with Gasteiger partial charge in [-0.2, -0.15) is 0 Å². The number of rotatable bonds is 4. The highest BCUT2D eigenvalue weighted by atomic mass is 16.5. The summed E-state index contributed by atoms with van der Waals surface area (Å²) in [5.41, 5.74) is 0.877. The summed E-state index contributed by atoms with van der Waals surface area (Å²) in [6.07, 6.45) is 0.690. The van der Waals surface area contributed by atoms with Crippen LogP contribution in [0.3, 0.4) is 0 Å². The van der Waals surface area contributed by atoms with E-state index in [9.17, 15) is 9.59 Å². The molecule has 1 aromatic carbocycles. The smallest absolute Gasteiger partial charge is 0.374 e. The van der Waals surface area contributed by atoms with Gasteiger partial charge in [0.1, 0.15) is 11.3 Å². The van der Waals surface area contributed by atoms with Crippen molar-refractivity contribution in [2.75, 3.05) is 13.7 Å². The van der Waals surface area contributed by atoms with Crippen molar-refractivity contribution in [2.24, 2.45) is 0 Å². The zero-order valence-electron chi connectivity index (χ0n) is 10.1. The van der Waals surface area contributed by atoms with Crippen LogP contribution in [0.4, 0.5) is 0 Å². The molecule has 1 aromatic heterocycles. The number of fused-ring (bicyclic) bond motifs is 1. The minimum Gasteiger partial charge on any atom is -0.496 e. The van der Waals surface area contributed by atoms with Crippen molar-refractivity contribution in [3.63, 3.8) is 0 Å². The van der Waals surface area contributed by atoms with E-state index in [1.807, 2.05) is 0 Å². The SMILES string of the molecule is CCOC(=O)c1cc2cc(C=O)c(OC)cc2o1. The summed E-state index contributed by atoms with van der Waals surface area (Å²) in [5.74, 6) is -0.0143. The summed E-state index contributed by atoms with van der Waals surface area (Å²) in [7, 11) is 1.46. The summed E-state index contributed by atoms with van der Waals surface area (Å²) in [6, 6.07) is 4.72. The van der Waals surface area contributed by atoms with Crippen LogP contribution in [-0.4, -0.2) is 26.0 Å². The quantitative estimate of drug-likeness (QED) is 0.614. The average molecular weight is 248 g/mol. The fourth-order valence-corrected chi connectivity index (χ4v) is 1.66. The third-order valence-corrected chi connectivity index (χ3v) is 2.47. The highest BCUT2D eigenvalue weighted by Gasteiger charge is 2.15. The molecule has 0 aliphatic carbocycles. The van der Waals surface area contributed by atoms with Gasteiger partial charge in [-0.05, 0) is 19.1 Å². The molecule has 18 heavy (non-hydrogen) atoms. The van der Waals surface area contributed by atoms with E-state index in [0.717, 1.165) is 0 Å². The van der Waals surface area contributed by atoms with E-state index >= 15 is 0 Å². The van der Waals surface area contributed by atoms with Crippen LogP contribution in [0.5, 0.6) is 5.75 Å². The fraction of sp³-hybridized carbons (Fsp3) is 0.231. The Morgan fingerprint density at radius 3 is 2.78 bits per heavy atom. The third-order valence-electron chi connectivity index (χ3n) is 2.47. The second-order valence-electron chi connectivity index (χ2n) is 3.58. The Hall–Kier alpha value is -2.30. The molecule has 5 nitrogen and oxygen atoms in total. The molecule has 0 N–H and O–H groups in total. The fourth-order valence-electron chi connectivity index (χ4n) is 1.66. The number of benzene rings is 1. The van der Waals surface area contributed by atoms with Gasteiger partial charge in [0.05, 0.1) is 19.3 Å². The lowest BCUT2D eigenvalue weighted by molar-refractivity contribution is 0.0492. The molecule has 0 aliphatic rings. The van der Waals surface area contributed by atoms with Gasteiger partial charge < -0.3 is 13.9 Å². The first-order valence-electron chi connectivity index (χ1n) is 5.43. The number of carbonyl (C=O) groups is 2. The van der Waals surface area contributed by atoms with Gasteiger partial charge in [-0.3, -0.25) is 4.79 Å². The predicted octanol–water partition coefficient (Wildman–Crippen LogP) is 2.43. The standard InChI is InChI=1S/C13H12O5/c1-3-17-13(15)12-5-8-4-9(7-14)10(16-2)6-11(8)18-12/h4-7H,3H2,1-2H3. The van der Waals surface area contributed by atoms with E-state index in [1.165, 1.54) is 7.11 Å². The minimum atomic E-state index is -0.527. The summed E-state index contributed by atoms with van der Waals surface area (Å²) < 4.78 is 15.2. The van der Waals surface area contributed by atoms with Crippen LogP contribution in [0.15, 0.2) is 22.6 Å². The number of ether oxygens (including phenoxy) is 2. The van der Waals surface area contributed by atoms with E-state index in [4.69, 9.17) is 13.9 Å². The van der Waals surface area contributed by atoms with Crippen LogP contribution in [0.2, 0.25) is 0 Å². The van der Waals surface area contributed by atoms with E-state index in [2.05, 4.69) is 0 Å². The predicted molar refractivity (Wildman–Crippen MR) is 64.1 cm³/mol. The Morgan fingerprint density at radius 2 is 2.17 bits per heavy atom. The van der Waals surface area contributed by atoms with Crippen molar-refractivity contribution in [2.45, 2.75) is 6.92 Å². The molecule has 0 saturated heterocycles. The molecular formula is C13H12O5. The molecule has 2 aromatic rings. The van der Waals surface area contributed by atoms with Gasteiger partial charge in [0.25, 0.3) is 0 Å². The first-order chi connectivity index (χ1) is 8.69. The zero-order chi connectivity index (χ0) is 13.1. The van der Waals surface area contributed by atoms with Crippen LogP contribution in [0.25, 0.3) is 11.0 Å². The number of hydrogen-bond donors (Lipinski definition) is 0. The number of aldehydes is 1. The van der Waals surface area contributed by atoms with Crippen molar-refractivity contribution >= 4 is 23.2 Å². The first kappa shape index (κ1) is 12.2. The molecule has 0 fully saturated rings. The van der Waals surface area contributed by atoms with E-state index in [-0.39, 0.29) is 12.4 Å². The van der Waals surface area contributed by atoms with E-state index in [1.54, 1.807) is 25.1 Å². The molecule has 0 saturated carbocycles. The molecular weight excluding hydrogens is 236 g/mol. The lowest BCUT2D eigenvalue weighted by atomic mass is 10.1. The molecule has 0 spiro atoms. The molecule has 1 heterocycles. The van der Waals surface area contributed by atoms with E-state index < -0.39 is 5.97 Å². The van der Waals surface area contributed by atoms with Crippen LogP contribution < -0.4 is 4.74 Å². The van der Waals surface area contributed by atoms with Gasteiger partial charge in [-0.15, -0.1) is 0 Å². The maximum atomic E-state index is 11.5. The molecule has 0 radical (unpaired) electrons. The Kier molecular flexibility index (Phi) is 3.32. The van der Waals surface area contributed by atoms with Crippen LogP contribution in [-0.2, 0) is 4.74 Å². The maximum absolute atomic E-state index is 11.5. The molecule has 0 bridgehead atoms. The molecule has 0 amide bonds. The summed E-state index contributed by atoms with van der Waals surface area (Å²) in [4.78, 5) is 22.4. The molecule has 5 heteroatoms. The minimum absolute atomic E-state index is 0.108. The molecule has 94 valence electrons. The molecule has 0 atom stereocenters. The van der Waals surface area contributed by atoms with E-state index in [0.29, 0.717) is 28.6 Å². The van der Waals surface area contributed by atoms with Crippen molar-refractivity contribution < 1.29 is 23.5 Å². The highest BCUT2D eigenvalue weighted by molar-refractivity contribution is 5.95. The third kappa shape index (κ3) is 2.07. The Labute approximate surface area is 103 Å². The average Bonchev–Trinajstić information content (AvgIpc) is 2.80. The zero-order valence-corrected chi connectivity index (χ0v) is 10.1. The lowest BCUT2D eigenvalue weighted by Crippen LogP contribution is -2.02. The van der Waals surface area contributed by atoms with Gasteiger partial charge in [0.15, 0.2) is 6.29 Å². The highest BCUT2D eigenvalue weighted by Crippen LogP contribution is 2.27. The Morgan fingerprint density at radius 1 is 1.39 bits per heavy atom. The second-order valence-corrected chi connectivity index (χ2v) is 3.58. The van der Waals surface area contributed by atoms with Crippen molar-refractivity contribution in [3.05, 3.63) is 29.5 Å². The van der Waals surface area contributed by atoms with Crippen molar-refractivity contribution in [1.29, 1.82) is 0 Å². The number of methoxy groups -OCH3 is 1. The summed E-state index contributed by atoms with van der Waals surface area (Å²) in [5, 5.41) is 0.654. The van der Waals surface area contributed by atoms with Gasteiger partial charge >= 0.3 is 5.97 Å². The molecule has 0 aliphatic heterocycles. The van der Waals surface area contributed by atoms with Crippen LogP contribution >= 0.6 is 0 Å². The van der Waals surface area contributed by atoms with Crippen molar-refractivity contribution in [3.8, 4) is 5.75 Å². The number of carbonyl (C=O) groups excluding carboxylic acids is 2. The summed E-state index contributed by atoms with van der Waals surface area (Å²) in [6.45, 7) is 1.99. The topological polar surface area (TPSA) is 65.7 Å². The largest absolute Gasteiger partial charge is 0.496 e. The molecule has 2 rings (SSSR count). The van der Waals surface area contributed by atoms with Crippen molar-refractivity contribution in [1.82, 2.24) is 0 Å². The number of furan rings is 1.